The largest absolute Gasteiger partial charge is 0.460 e. The quantitative estimate of drug-likeness (QED) is 0.358. The molecule has 1 heterocycles. The predicted octanol–water partition coefficient (Wildman–Crippen LogP) is 4.78. The minimum atomic E-state index is -2.25. The number of carbonyl (C=O) groups is 1. The van der Waals surface area contributed by atoms with Crippen molar-refractivity contribution in [3.05, 3.63) is 35.9 Å². The predicted molar refractivity (Wildman–Crippen MR) is 138 cm³/mol. The Bertz CT molecular complexity index is 809. The first-order chi connectivity index (χ1) is 16.2. The number of hydrogen-bond donors (Lipinski definition) is 1. The number of benzene rings is 1. The maximum absolute atomic E-state index is 13.1. The van der Waals surface area contributed by atoms with Crippen molar-refractivity contribution in [2.75, 3.05) is 20.8 Å². The third kappa shape index (κ3) is 6.73. The number of carbonyl (C=O) groups excluding carboxylic acids is 1. The van der Waals surface area contributed by atoms with Gasteiger partial charge in [-0.2, -0.15) is 0 Å². The van der Waals surface area contributed by atoms with Crippen LogP contribution in [0.4, 0.5) is 0 Å². The molecule has 0 radical (unpaired) electrons. The van der Waals surface area contributed by atoms with E-state index in [4.69, 9.17) is 23.4 Å². The SMILES string of the molecule is COC[C@H](C)[C@@H]1O[C@@](O)([C@H](C)C(=O)OCc2ccccc2)[C@H](OC)[C@@H](O[Si](C)(C)C(C)(C)C)[C@@H]1C. The fraction of sp³-hybridized carbons (Fsp3) is 0.741. The molecule has 1 aliphatic rings. The van der Waals surface area contributed by atoms with Crippen molar-refractivity contribution < 1.29 is 33.3 Å². The van der Waals surface area contributed by atoms with Crippen molar-refractivity contribution in [1.29, 1.82) is 0 Å². The van der Waals surface area contributed by atoms with Gasteiger partial charge in [0.15, 0.2) is 8.32 Å². The minimum Gasteiger partial charge on any atom is -0.460 e. The highest BCUT2D eigenvalue weighted by Gasteiger charge is 2.60. The molecule has 0 unspecified atom stereocenters. The van der Waals surface area contributed by atoms with E-state index in [1.807, 2.05) is 37.3 Å². The van der Waals surface area contributed by atoms with Gasteiger partial charge in [0.05, 0.1) is 18.8 Å². The number of ether oxygens (including phenoxy) is 4. The highest BCUT2D eigenvalue weighted by Crippen LogP contribution is 2.46. The van der Waals surface area contributed by atoms with Gasteiger partial charge < -0.3 is 28.5 Å². The van der Waals surface area contributed by atoms with E-state index < -0.39 is 44.3 Å². The Hall–Kier alpha value is -1.29. The van der Waals surface area contributed by atoms with E-state index in [1.165, 1.54) is 7.11 Å². The summed E-state index contributed by atoms with van der Waals surface area (Å²) in [5, 5.41) is 11.9. The van der Waals surface area contributed by atoms with E-state index in [1.54, 1.807) is 14.0 Å². The van der Waals surface area contributed by atoms with Crippen LogP contribution < -0.4 is 0 Å². The van der Waals surface area contributed by atoms with Crippen LogP contribution >= 0.6 is 0 Å². The average molecular weight is 511 g/mol. The summed E-state index contributed by atoms with van der Waals surface area (Å²) >= 11 is 0. The maximum atomic E-state index is 13.1. The van der Waals surface area contributed by atoms with E-state index in [2.05, 4.69) is 40.8 Å². The lowest BCUT2D eigenvalue weighted by atomic mass is 9.78. The van der Waals surface area contributed by atoms with E-state index in [0.29, 0.717) is 6.61 Å². The third-order valence-corrected chi connectivity index (χ3v) is 12.2. The molecule has 1 aromatic carbocycles. The summed E-state index contributed by atoms with van der Waals surface area (Å²) in [5.41, 5.74) is 0.868. The van der Waals surface area contributed by atoms with E-state index in [9.17, 15) is 9.90 Å². The van der Waals surface area contributed by atoms with Crippen molar-refractivity contribution >= 4 is 14.3 Å². The Morgan fingerprint density at radius 3 is 2.29 bits per heavy atom. The van der Waals surface area contributed by atoms with Crippen molar-refractivity contribution in [3.8, 4) is 0 Å². The Morgan fingerprint density at radius 2 is 1.77 bits per heavy atom. The second kappa shape index (κ2) is 11.8. The Balaban J connectivity index is 2.40. The molecule has 1 N–H and O–H groups in total. The van der Waals surface area contributed by atoms with Crippen molar-refractivity contribution in [2.45, 2.75) is 90.4 Å². The van der Waals surface area contributed by atoms with Crippen LogP contribution in [0.5, 0.6) is 0 Å². The summed E-state index contributed by atoms with van der Waals surface area (Å²) in [5.74, 6) is -3.65. The second-order valence-electron chi connectivity index (χ2n) is 11.4. The van der Waals surface area contributed by atoms with E-state index in [0.717, 1.165) is 5.56 Å². The van der Waals surface area contributed by atoms with Gasteiger partial charge >= 0.3 is 5.97 Å². The van der Waals surface area contributed by atoms with Gasteiger partial charge in [-0.1, -0.05) is 65.0 Å². The number of hydrogen-bond acceptors (Lipinski definition) is 7. The molecule has 2 rings (SSSR count). The smallest absolute Gasteiger partial charge is 0.314 e. The standard InChI is InChI=1S/C27H46O7Si/c1-18(16-30-7)22-19(2)23(34-35(9,10)26(4,5)6)24(31-8)27(29,33-22)20(3)25(28)32-17-21-14-12-11-13-15-21/h11-15,18-20,22-24,29H,16-17H2,1-10H3/t18-,19+,20+,22-,23-,24+,27-/m0/s1. The van der Waals surface area contributed by atoms with Crippen LogP contribution in [0.25, 0.3) is 0 Å². The van der Waals surface area contributed by atoms with Gasteiger partial charge in [-0.3, -0.25) is 4.79 Å². The fourth-order valence-electron chi connectivity index (χ4n) is 4.44. The van der Waals surface area contributed by atoms with E-state index in [-0.39, 0.29) is 23.5 Å². The molecule has 0 bridgehead atoms. The van der Waals surface area contributed by atoms with Gasteiger partial charge in [-0.25, -0.2) is 0 Å². The molecule has 35 heavy (non-hydrogen) atoms. The van der Waals surface area contributed by atoms with Gasteiger partial charge in [0.2, 0.25) is 5.79 Å². The van der Waals surface area contributed by atoms with Gasteiger partial charge in [-0.15, -0.1) is 0 Å². The third-order valence-electron chi connectivity index (χ3n) is 7.75. The molecule has 1 fully saturated rings. The maximum Gasteiger partial charge on any atom is 0.314 e. The molecule has 200 valence electrons. The summed E-state index contributed by atoms with van der Waals surface area (Å²) in [6.45, 7) is 17.1. The molecular formula is C27H46O7Si. The first-order valence-electron chi connectivity index (χ1n) is 12.5. The van der Waals surface area contributed by atoms with E-state index >= 15 is 0 Å². The van der Waals surface area contributed by atoms with Crippen LogP contribution in [0.2, 0.25) is 18.1 Å². The van der Waals surface area contributed by atoms with Crippen LogP contribution in [0.1, 0.15) is 47.1 Å². The lowest BCUT2D eigenvalue weighted by molar-refractivity contribution is -0.361. The van der Waals surface area contributed by atoms with Crippen molar-refractivity contribution in [2.24, 2.45) is 17.8 Å². The van der Waals surface area contributed by atoms with Gasteiger partial charge in [0.25, 0.3) is 0 Å². The first-order valence-corrected chi connectivity index (χ1v) is 15.4. The molecule has 7 nitrogen and oxygen atoms in total. The van der Waals surface area contributed by atoms with Gasteiger partial charge in [0.1, 0.15) is 18.6 Å². The fourth-order valence-corrected chi connectivity index (χ4v) is 5.81. The lowest BCUT2D eigenvalue weighted by Crippen LogP contribution is -2.69. The molecule has 1 saturated heterocycles. The molecule has 1 aliphatic heterocycles. The molecule has 0 amide bonds. The molecule has 8 heteroatoms. The molecule has 0 saturated carbocycles. The molecule has 0 spiro atoms. The first kappa shape index (κ1) is 29.9. The van der Waals surface area contributed by atoms with Gasteiger partial charge in [0, 0.05) is 26.1 Å². The number of methoxy groups -OCH3 is 2. The number of aliphatic hydroxyl groups is 1. The zero-order valence-corrected chi connectivity index (χ0v) is 24.2. The Kier molecular flexibility index (Phi) is 10.1. The number of rotatable bonds is 10. The Labute approximate surface area is 212 Å². The van der Waals surface area contributed by atoms with Crippen LogP contribution in [0.15, 0.2) is 30.3 Å². The Morgan fingerprint density at radius 1 is 1.17 bits per heavy atom. The second-order valence-corrected chi connectivity index (χ2v) is 16.2. The van der Waals surface area contributed by atoms with Crippen LogP contribution in [-0.2, 0) is 34.8 Å². The molecule has 0 aromatic heterocycles. The summed E-state index contributed by atoms with van der Waals surface area (Å²) in [6.07, 6.45) is -1.77. The zero-order chi connectivity index (χ0) is 26.6. The highest BCUT2D eigenvalue weighted by atomic mass is 28.4. The summed E-state index contributed by atoms with van der Waals surface area (Å²) in [4.78, 5) is 13.1. The summed E-state index contributed by atoms with van der Waals surface area (Å²) in [7, 11) is 0.910. The normalized spacial score (nSPS) is 29.5. The molecule has 1 aromatic rings. The highest BCUT2D eigenvalue weighted by molar-refractivity contribution is 6.74. The average Bonchev–Trinajstić information content (AvgIpc) is 2.79. The molecule has 7 atom stereocenters. The summed E-state index contributed by atoms with van der Waals surface area (Å²) in [6, 6.07) is 9.44. The zero-order valence-electron chi connectivity index (χ0n) is 23.2. The van der Waals surface area contributed by atoms with Crippen molar-refractivity contribution in [1.82, 2.24) is 0 Å². The summed E-state index contributed by atoms with van der Waals surface area (Å²) < 4.78 is 30.0. The van der Waals surface area contributed by atoms with Crippen molar-refractivity contribution in [3.63, 3.8) is 0 Å². The minimum absolute atomic E-state index is 0.0441. The van der Waals surface area contributed by atoms with Crippen LogP contribution in [0, 0.1) is 17.8 Å². The monoisotopic (exact) mass is 510 g/mol. The molecule has 0 aliphatic carbocycles. The molecular weight excluding hydrogens is 464 g/mol. The number of esters is 1. The topological polar surface area (TPSA) is 83.5 Å². The lowest BCUT2D eigenvalue weighted by Gasteiger charge is -2.54. The van der Waals surface area contributed by atoms with Crippen LogP contribution in [-0.4, -0.2) is 64.3 Å². The van der Waals surface area contributed by atoms with Gasteiger partial charge in [-0.05, 0) is 30.6 Å². The van der Waals surface area contributed by atoms with Crippen LogP contribution in [0.3, 0.4) is 0 Å².